The predicted molar refractivity (Wildman–Crippen MR) is 210 cm³/mol. The highest BCUT2D eigenvalue weighted by atomic mass is 16.3. The van der Waals surface area contributed by atoms with E-state index in [1.807, 2.05) is 12.1 Å². The van der Waals surface area contributed by atoms with Crippen LogP contribution in [0.5, 0.6) is 0 Å². The summed E-state index contributed by atoms with van der Waals surface area (Å²) in [4.78, 5) is 15.5. The number of hydrogen-bond acceptors (Lipinski definition) is 4. The molecule has 0 fully saturated rings. The Labute approximate surface area is 295 Å². The zero-order chi connectivity index (χ0) is 33.7. The van der Waals surface area contributed by atoms with Gasteiger partial charge < -0.3 is 4.42 Å². The quantitative estimate of drug-likeness (QED) is 0.185. The molecule has 0 N–H and O–H groups in total. The van der Waals surface area contributed by atoms with Gasteiger partial charge in [-0.05, 0) is 80.4 Å². The monoisotopic (exact) mass is 653 g/mol. The van der Waals surface area contributed by atoms with Crippen LogP contribution in [-0.4, -0.2) is 15.0 Å². The van der Waals surface area contributed by atoms with Crippen molar-refractivity contribution in [1.29, 1.82) is 0 Å². The molecule has 10 rings (SSSR count). The highest BCUT2D eigenvalue weighted by molar-refractivity contribution is 6.20. The van der Waals surface area contributed by atoms with Crippen LogP contribution in [0.2, 0.25) is 0 Å². The molecule has 7 aromatic carbocycles. The third kappa shape index (κ3) is 5.03. The van der Waals surface area contributed by atoms with Gasteiger partial charge in [0.15, 0.2) is 17.5 Å². The van der Waals surface area contributed by atoms with E-state index in [-0.39, 0.29) is 0 Å². The summed E-state index contributed by atoms with van der Waals surface area (Å²) in [5, 5.41) is 6.78. The Balaban J connectivity index is 1.22. The van der Waals surface area contributed by atoms with Crippen LogP contribution in [0.3, 0.4) is 0 Å². The molecule has 0 atom stereocenters. The van der Waals surface area contributed by atoms with E-state index in [0.29, 0.717) is 17.5 Å². The predicted octanol–water partition coefficient (Wildman–Crippen LogP) is 12.5. The first-order valence-electron chi connectivity index (χ1n) is 17.4. The fourth-order valence-corrected chi connectivity index (χ4v) is 7.57. The average molecular weight is 654 g/mol. The molecule has 0 aliphatic heterocycles. The molecule has 0 spiro atoms. The molecule has 4 heteroatoms. The molecule has 2 heterocycles. The van der Waals surface area contributed by atoms with Crippen LogP contribution in [0.15, 0.2) is 168 Å². The van der Waals surface area contributed by atoms with Crippen molar-refractivity contribution in [2.24, 2.45) is 0 Å². The van der Waals surface area contributed by atoms with E-state index in [0.717, 1.165) is 68.0 Å². The van der Waals surface area contributed by atoms with Gasteiger partial charge in [-0.25, -0.2) is 15.0 Å². The molecular weight excluding hydrogens is 623 g/mol. The standard InChI is InChI=1S/C47H31N3O/c1-3-14-31(15-4-1)35-27-28-38(37-20-10-9-19-36(35)37)39-21-11-23-41-43(39)44-40(22-12-24-42(44)51-41)47-49-45(32-16-5-2-6-17-32)48-46(50-47)34-26-25-30-13-7-8-18-33(30)29-34/h1-5,7-16,18-29H,6,17H2. The number of hydrogen-bond donors (Lipinski definition) is 0. The summed E-state index contributed by atoms with van der Waals surface area (Å²) in [6, 6.07) is 51.1. The van der Waals surface area contributed by atoms with Crippen LogP contribution in [0.1, 0.15) is 18.7 Å². The molecule has 0 amide bonds. The minimum Gasteiger partial charge on any atom is -0.456 e. The zero-order valence-corrected chi connectivity index (χ0v) is 27.8. The van der Waals surface area contributed by atoms with Crippen LogP contribution >= 0.6 is 0 Å². The van der Waals surface area contributed by atoms with Gasteiger partial charge in [0.25, 0.3) is 0 Å². The number of aromatic nitrogens is 3. The van der Waals surface area contributed by atoms with Crippen molar-refractivity contribution in [3.63, 3.8) is 0 Å². The lowest BCUT2D eigenvalue weighted by Gasteiger charge is -2.14. The smallest absolute Gasteiger partial charge is 0.164 e. The highest BCUT2D eigenvalue weighted by Crippen LogP contribution is 2.44. The van der Waals surface area contributed by atoms with Crippen molar-refractivity contribution >= 4 is 49.1 Å². The second-order valence-corrected chi connectivity index (χ2v) is 13.1. The van der Waals surface area contributed by atoms with E-state index in [9.17, 15) is 0 Å². The number of nitrogens with zero attached hydrogens (tertiary/aromatic N) is 3. The summed E-state index contributed by atoms with van der Waals surface area (Å²) in [7, 11) is 0. The van der Waals surface area contributed by atoms with Gasteiger partial charge in [-0.3, -0.25) is 0 Å². The van der Waals surface area contributed by atoms with Gasteiger partial charge >= 0.3 is 0 Å². The van der Waals surface area contributed by atoms with Crippen LogP contribution < -0.4 is 0 Å². The average Bonchev–Trinajstić information content (AvgIpc) is 3.60. The third-order valence-electron chi connectivity index (χ3n) is 10.0. The Morgan fingerprint density at radius 3 is 1.92 bits per heavy atom. The number of rotatable bonds is 5. The molecule has 51 heavy (non-hydrogen) atoms. The van der Waals surface area contributed by atoms with Gasteiger partial charge in [0.05, 0.1) is 0 Å². The summed E-state index contributed by atoms with van der Waals surface area (Å²) in [5.74, 6) is 2.00. The van der Waals surface area contributed by atoms with Gasteiger partial charge in [0.2, 0.25) is 0 Å². The molecule has 0 saturated carbocycles. The number of allylic oxidation sites excluding steroid dienone is 4. The zero-order valence-electron chi connectivity index (χ0n) is 27.8. The van der Waals surface area contributed by atoms with E-state index in [4.69, 9.17) is 19.4 Å². The fourth-order valence-electron chi connectivity index (χ4n) is 7.57. The maximum atomic E-state index is 6.60. The lowest BCUT2D eigenvalue weighted by Crippen LogP contribution is -2.04. The minimum absolute atomic E-state index is 0.631. The van der Waals surface area contributed by atoms with Gasteiger partial charge in [-0.15, -0.1) is 0 Å². The van der Waals surface area contributed by atoms with Crippen LogP contribution in [0.25, 0.3) is 94.1 Å². The van der Waals surface area contributed by atoms with Crippen molar-refractivity contribution < 1.29 is 4.42 Å². The number of fused-ring (bicyclic) bond motifs is 5. The van der Waals surface area contributed by atoms with E-state index in [1.54, 1.807) is 0 Å². The summed E-state index contributed by atoms with van der Waals surface area (Å²) < 4.78 is 6.60. The molecule has 0 bridgehead atoms. The molecule has 0 unspecified atom stereocenters. The van der Waals surface area contributed by atoms with E-state index in [2.05, 4.69) is 152 Å². The maximum Gasteiger partial charge on any atom is 0.164 e. The Bertz CT molecular complexity index is 2860. The van der Waals surface area contributed by atoms with Crippen molar-refractivity contribution in [3.05, 3.63) is 170 Å². The summed E-state index contributed by atoms with van der Waals surface area (Å²) in [6.07, 6.45) is 8.25. The molecular formula is C47H31N3O. The van der Waals surface area contributed by atoms with Gasteiger partial charge in [0.1, 0.15) is 11.2 Å². The van der Waals surface area contributed by atoms with Crippen LogP contribution in [0, 0.1) is 0 Å². The Morgan fingerprint density at radius 2 is 1.12 bits per heavy atom. The molecule has 4 nitrogen and oxygen atoms in total. The summed E-state index contributed by atoms with van der Waals surface area (Å²) >= 11 is 0. The van der Waals surface area contributed by atoms with E-state index < -0.39 is 0 Å². The first-order chi connectivity index (χ1) is 25.3. The molecule has 0 saturated heterocycles. The molecule has 9 aromatic rings. The summed E-state index contributed by atoms with van der Waals surface area (Å²) in [5.41, 5.74) is 9.29. The largest absolute Gasteiger partial charge is 0.456 e. The first kappa shape index (κ1) is 29.3. The molecule has 1 aliphatic rings. The number of benzene rings is 7. The third-order valence-corrected chi connectivity index (χ3v) is 10.0. The second-order valence-electron chi connectivity index (χ2n) is 13.1. The lowest BCUT2D eigenvalue weighted by atomic mass is 9.90. The summed E-state index contributed by atoms with van der Waals surface area (Å²) in [6.45, 7) is 0. The van der Waals surface area contributed by atoms with Crippen LogP contribution in [-0.2, 0) is 0 Å². The minimum atomic E-state index is 0.631. The van der Waals surface area contributed by atoms with Gasteiger partial charge in [-0.2, -0.15) is 0 Å². The molecule has 1 aliphatic carbocycles. The van der Waals surface area contributed by atoms with E-state index in [1.165, 1.54) is 27.3 Å². The number of furan rings is 1. The first-order valence-corrected chi connectivity index (χ1v) is 17.4. The van der Waals surface area contributed by atoms with Crippen molar-refractivity contribution in [2.75, 3.05) is 0 Å². The second kappa shape index (κ2) is 12.0. The molecule has 2 aromatic heterocycles. The van der Waals surface area contributed by atoms with Crippen molar-refractivity contribution in [3.8, 4) is 45.0 Å². The Kier molecular flexibility index (Phi) is 6.91. The highest BCUT2D eigenvalue weighted by Gasteiger charge is 2.21. The van der Waals surface area contributed by atoms with Crippen molar-refractivity contribution in [2.45, 2.75) is 12.8 Å². The fraction of sp³-hybridized carbons (Fsp3) is 0.0426. The molecule has 240 valence electrons. The normalized spacial score (nSPS) is 13.0. The lowest BCUT2D eigenvalue weighted by molar-refractivity contribution is 0.669. The topological polar surface area (TPSA) is 51.8 Å². The van der Waals surface area contributed by atoms with E-state index >= 15 is 0 Å². The SMILES string of the molecule is C1=CCCC(c2nc(-c3ccc4ccccc4c3)nc(-c3cccc4oc5cccc(-c6ccc(-c7ccccc7)c7ccccc67)c5c34)n2)=C1. The van der Waals surface area contributed by atoms with Gasteiger partial charge in [0, 0.05) is 21.9 Å². The van der Waals surface area contributed by atoms with Crippen molar-refractivity contribution in [1.82, 2.24) is 15.0 Å². The Morgan fingerprint density at radius 1 is 0.451 bits per heavy atom. The van der Waals surface area contributed by atoms with Gasteiger partial charge in [-0.1, -0.05) is 146 Å². The molecule has 0 radical (unpaired) electrons. The maximum absolute atomic E-state index is 6.60. The Hall–Kier alpha value is -6.65. The van der Waals surface area contributed by atoms with Crippen LogP contribution in [0.4, 0.5) is 0 Å².